The van der Waals surface area contributed by atoms with Crippen LogP contribution < -0.4 is 0 Å². The van der Waals surface area contributed by atoms with Gasteiger partial charge in [-0.1, -0.05) is 37.3 Å². The number of aliphatic imine (C=N–C) groups is 1. The van der Waals surface area contributed by atoms with E-state index in [1.807, 2.05) is 18.2 Å². The Morgan fingerprint density at radius 1 is 1.10 bits per heavy atom. The highest BCUT2D eigenvalue weighted by molar-refractivity contribution is 6.14. The highest BCUT2D eigenvalue weighted by atomic mass is 16.3. The van der Waals surface area contributed by atoms with E-state index in [-0.39, 0.29) is 30.0 Å². The number of aliphatic hydroxyl groups excluding tert-OH is 2. The van der Waals surface area contributed by atoms with Gasteiger partial charge in [0, 0.05) is 58.3 Å². The Kier molecular flexibility index (Phi) is 7.98. The number of β-amino-alcohol motifs (C(OH)–C–C–N with tert-alkyl or cyclic N) is 1. The fourth-order valence-electron chi connectivity index (χ4n) is 4.20. The van der Waals surface area contributed by atoms with E-state index >= 15 is 0 Å². The van der Waals surface area contributed by atoms with Crippen LogP contribution in [0.1, 0.15) is 31.2 Å². The predicted molar refractivity (Wildman–Crippen MR) is 116 cm³/mol. The smallest absolute Gasteiger partial charge is 0.168 e. The van der Waals surface area contributed by atoms with Gasteiger partial charge in [-0.05, 0) is 17.4 Å². The summed E-state index contributed by atoms with van der Waals surface area (Å²) in [6.45, 7) is 8.43. The van der Waals surface area contributed by atoms with Crippen LogP contribution in [0.4, 0.5) is 0 Å². The molecule has 1 aliphatic carbocycles. The Hall–Kier alpha value is -2.02. The van der Waals surface area contributed by atoms with Crippen molar-refractivity contribution < 1.29 is 15.0 Å². The molecule has 0 saturated carbocycles. The summed E-state index contributed by atoms with van der Waals surface area (Å²) in [6, 6.07) is 10.2. The molecule has 1 saturated heterocycles. The maximum atomic E-state index is 12.6. The monoisotopic (exact) mass is 399 g/mol. The highest BCUT2D eigenvalue weighted by Crippen LogP contribution is 2.35. The first-order valence-electron chi connectivity index (χ1n) is 10.6. The maximum absolute atomic E-state index is 12.6. The van der Waals surface area contributed by atoms with E-state index < -0.39 is 0 Å². The molecule has 0 aromatic heterocycles. The average Bonchev–Trinajstić information content (AvgIpc) is 2.74. The molecule has 2 atom stereocenters. The number of piperazine rings is 1. The third-order valence-corrected chi connectivity index (χ3v) is 6.19. The van der Waals surface area contributed by atoms with Crippen molar-refractivity contribution in [2.75, 3.05) is 52.4 Å². The number of hydrogen-bond donors (Lipinski definition) is 2. The lowest BCUT2D eigenvalue weighted by atomic mass is 9.77. The van der Waals surface area contributed by atoms with Gasteiger partial charge < -0.3 is 10.2 Å². The Bertz CT molecular complexity index is 724. The molecule has 1 aromatic rings. The van der Waals surface area contributed by atoms with Crippen LogP contribution in [0.15, 0.2) is 46.7 Å². The second-order valence-corrected chi connectivity index (χ2v) is 8.09. The van der Waals surface area contributed by atoms with Crippen molar-refractivity contribution >= 4 is 12.0 Å². The number of carbonyl (C=O) groups is 1. The van der Waals surface area contributed by atoms with Crippen LogP contribution >= 0.6 is 0 Å². The average molecular weight is 400 g/mol. The van der Waals surface area contributed by atoms with Gasteiger partial charge in [0.2, 0.25) is 0 Å². The largest absolute Gasteiger partial charge is 0.511 e. The predicted octanol–water partition coefficient (Wildman–Crippen LogP) is 2.26. The number of rotatable bonds is 8. The van der Waals surface area contributed by atoms with Crippen LogP contribution in [0.3, 0.4) is 0 Å². The van der Waals surface area contributed by atoms with E-state index in [1.54, 1.807) is 6.21 Å². The van der Waals surface area contributed by atoms with Gasteiger partial charge in [-0.3, -0.25) is 19.6 Å². The molecule has 2 aliphatic rings. The molecule has 1 fully saturated rings. The van der Waals surface area contributed by atoms with Gasteiger partial charge in [-0.25, -0.2) is 0 Å². The zero-order valence-electron chi connectivity index (χ0n) is 17.3. The van der Waals surface area contributed by atoms with Crippen LogP contribution in [0.25, 0.3) is 0 Å². The first kappa shape index (κ1) is 21.7. The molecular weight excluding hydrogens is 366 g/mol. The number of carbonyl (C=O) groups excluding carboxylic acids is 1. The topological polar surface area (TPSA) is 76.4 Å². The van der Waals surface area contributed by atoms with Crippen molar-refractivity contribution in [2.24, 2.45) is 10.9 Å². The second-order valence-electron chi connectivity index (χ2n) is 8.09. The van der Waals surface area contributed by atoms with Gasteiger partial charge in [0.05, 0.1) is 18.7 Å². The summed E-state index contributed by atoms with van der Waals surface area (Å²) in [4.78, 5) is 21.6. The number of benzene rings is 1. The highest BCUT2D eigenvalue weighted by Gasteiger charge is 2.30. The van der Waals surface area contributed by atoms with Crippen LogP contribution in [-0.4, -0.2) is 84.4 Å². The van der Waals surface area contributed by atoms with Crippen molar-refractivity contribution in [3.63, 3.8) is 0 Å². The van der Waals surface area contributed by atoms with Crippen molar-refractivity contribution in [2.45, 2.75) is 25.7 Å². The molecule has 2 N–H and O–H groups in total. The number of aliphatic hydroxyl groups is 2. The van der Waals surface area contributed by atoms with Crippen molar-refractivity contribution in [1.82, 2.24) is 9.80 Å². The minimum absolute atomic E-state index is 0.0112. The first-order valence-corrected chi connectivity index (χ1v) is 10.6. The normalized spacial score (nSPS) is 23.1. The lowest BCUT2D eigenvalue weighted by Crippen LogP contribution is -2.47. The second kappa shape index (κ2) is 10.7. The van der Waals surface area contributed by atoms with Crippen molar-refractivity contribution in [3.05, 3.63) is 47.2 Å². The van der Waals surface area contributed by atoms with Gasteiger partial charge in [-0.2, -0.15) is 0 Å². The Morgan fingerprint density at radius 2 is 1.76 bits per heavy atom. The maximum Gasteiger partial charge on any atom is 0.168 e. The Labute approximate surface area is 173 Å². The molecule has 0 radical (unpaired) electrons. The molecule has 0 bridgehead atoms. The SMILES string of the molecule is CC(c1ccccc1)C1CC(=O)C(C=NCCN2CCN(CCO)CC2)=C(O)C1. The van der Waals surface area contributed by atoms with Crippen molar-refractivity contribution in [1.29, 1.82) is 0 Å². The van der Waals surface area contributed by atoms with Gasteiger partial charge in [-0.15, -0.1) is 0 Å². The molecule has 6 heteroatoms. The summed E-state index contributed by atoms with van der Waals surface area (Å²) in [6.07, 6.45) is 2.55. The lowest BCUT2D eigenvalue weighted by molar-refractivity contribution is -0.116. The molecule has 29 heavy (non-hydrogen) atoms. The summed E-state index contributed by atoms with van der Waals surface area (Å²) in [5.74, 6) is 0.515. The number of hydrogen-bond acceptors (Lipinski definition) is 6. The van der Waals surface area contributed by atoms with Crippen LogP contribution in [-0.2, 0) is 4.79 Å². The van der Waals surface area contributed by atoms with E-state index in [1.165, 1.54) is 5.56 Å². The van der Waals surface area contributed by atoms with Gasteiger partial charge >= 0.3 is 0 Å². The van der Waals surface area contributed by atoms with E-state index in [4.69, 9.17) is 5.11 Å². The molecular formula is C23H33N3O3. The van der Waals surface area contributed by atoms with Crippen LogP contribution in [0.2, 0.25) is 0 Å². The zero-order valence-corrected chi connectivity index (χ0v) is 17.3. The number of ketones is 1. The van der Waals surface area contributed by atoms with E-state index in [0.717, 1.165) is 39.3 Å². The molecule has 158 valence electrons. The lowest BCUT2D eigenvalue weighted by Gasteiger charge is -2.33. The Balaban J connectivity index is 1.49. The standard InChI is InChI=1S/C23H33N3O3/c1-18(19-5-3-2-4-6-19)20-15-22(28)21(23(29)16-20)17-24-7-8-25-9-11-26(12-10-25)13-14-27/h2-6,17-18,20,27-28H,7-16H2,1H3. The van der Waals surface area contributed by atoms with Crippen LogP contribution in [0, 0.1) is 5.92 Å². The van der Waals surface area contributed by atoms with Crippen LogP contribution in [0.5, 0.6) is 0 Å². The molecule has 2 unspecified atom stereocenters. The molecule has 0 amide bonds. The Morgan fingerprint density at radius 3 is 2.38 bits per heavy atom. The summed E-state index contributed by atoms with van der Waals surface area (Å²) < 4.78 is 0. The number of allylic oxidation sites excluding steroid dienone is 2. The van der Waals surface area contributed by atoms with Crippen molar-refractivity contribution in [3.8, 4) is 0 Å². The number of Topliss-reactive ketones (excluding diaryl/α,β-unsaturated/α-hetero) is 1. The zero-order chi connectivity index (χ0) is 20.6. The third kappa shape index (κ3) is 5.98. The molecule has 1 heterocycles. The first-order chi connectivity index (χ1) is 14.1. The van der Waals surface area contributed by atoms with E-state index in [0.29, 0.717) is 25.0 Å². The van der Waals surface area contributed by atoms with Gasteiger partial charge in [0.1, 0.15) is 5.76 Å². The summed E-state index contributed by atoms with van der Waals surface area (Å²) >= 11 is 0. The summed E-state index contributed by atoms with van der Waals surface area (Å²) in [5, 5.41) is 19.5. The summed E-state index contributed by atoms with van der Waals surface area (Å²) in [7, 11) is 0. The molecule has 0 spiro atoms. The van der Waals surface area contributed by atoms with Gasteiger partial charge in [0.25, 0.3) is 0 Å². The minimum Gasteiger partial charge on any atom is -0.511 e. The molecule has 6 nitrogen and oxygen atoms in total. The fourth-order valence-corrected chi connectivity index (χ4v) is 4.20. The molecule has 1 aromatic carbocycles. The van der Waals surface area contributed by atoms with E-state index in [2.05, 4.69) is 33.8 Å². The quantitative estimate of drug-likeness (QED) is 0.656. The third-order valence-electron chi connectivity index (χ3n) is 6.19. The molecule has 3 rings (SSSR count). The fraction of sp³-hybridized carbons (Fsp3) is 0.565. The summed E-state index contributed by atoms with van der Waals surface area (Å²) in [5.41, 5.74) is 1.59. The van der Waals surface area contributed by atoms with E-state index in [9.17, 15) is 9.90 Å². The number of nitrogens with zero attached hydrogens (tertiary/aromatic N) is 3. The molecule has 1 aliphatic heterocycles. The van der Waals surface area contributed by atoms with Gasteiger partial charge in [0.15, 0.2) is 5.78 Å². The minimum atomic E-state index is -0.0112.